The predicted octanol–water partition coefficient (Wildman–Crippen LogP) is 3.61. The Hall–Kier alpha value is -3.59. The maximum Gasteiger partial charge on any atom is 0.321 e. The van der Waals surface area contributed by atoms with Crippen molar-refractivity contribution < 1.29 is 13.9 Å². The molecule has 4 rings (SSSR count). The van der Waals surface area contributed by atoms with Crippen LogP contribution in [0, 0.1) is 5.82 Å². The molecule has 0 saturated carbocycles. The van der Waals surface area contributed by atoms with E-state index in [0.29, 0.717) is 23.9 Å². The highest BCUT2D eigenvalue weighted by molar-refractivity contribution is 7.15. The zero-order valence-corrected chi connectivity index (χ0v) is 16.2. The van der Waals surface area contributed by atoms with Crippen LogP contribution >= 0.6 is 11.3 Å². The van der Waals surface area contributed by atoms with Crippen molar-refractivity contribution in [2.45, 2.75) is 6.54 Å². The van der Waals surface area contributed by atoms with Gasteiger partial charge >= 0.3 is 6.01 Å². The minimum Gasteiger partial charge on any atom is -0.467 e. The number of hydrogen-bond donors (Lipinski definition) is 2. The van der Waals surface area contributed by atoms with Crippen LogP contribution in [0.5, 0.6) is 6.01 Å². The van der Waals surface area contributed by atoms with Crippen molar-refractivity contribution in [2.75, 3.05) is 12.4 Å². The predicted molar refractivity (Wildman–Crippen MR) is 109 cm³/mol. The van der Waals surface area contributed by atoms with E-state index in [9.17, 15) is 9.18 Å². The van der Waals surface area contributed by atoms with Gasteiger partial charge in [-0.15, -0.1) is 11.3 Å². The van der Waals surface area contributed by atoms with Gasteiger partial charge in [0.25, 0.3) is 0 Å². The Kier molecular flexibility index (Phi) is 5.05. The van der Waals surface area contributed by atoms with Gasteiger partial charge in [-0.25, -0.2) is 4.39 Å². The number of ether oxygens (including phenoxy) is 1. The Morgan fingerprint density at radius 1 is 1.17 bits per heavy atom. The van der Waals surface area contributed by atoms with Crippen molar-refractivity contribution in [3.8, 4) is 16.7 Å². The fourth-order valence-corrected chi connectivity index (χ4v) is 3.91. The Morgan fingerprint density at radius 2 is 2.00 bits per heavy atom. The molecule has 7 nitrogen and oxygen atoms in total. The second kappa shape index (κ2) is 7.80. The normalized spacial score (nSPS) is 10.8. The number of nitrogens with one attached hydrogen (secondary N) is 1. The number of carbonyl (C=O) groups is 1. The number of methoxy groups -OCH3 is 1. The molecule has 0 spiro atoms. The highest BCUT2D eigenvalue weighted by Crippen LogP contribution is 2.35. The van der Waals surface area contributed by atoms with E-state index in [1.807, 2.05) is 11.4 Å². The number of anilines is 1. The van der Waals surface area contributed by atoms with Gasteiger partial charge in [-0.2, -0.15) is 15.0 Å². The molecule has 0 aliphatic carbocycles. The van der Waals surface area contributed by atoms with Crippen molar-refractivity contribution in [1.82, 2.24) is 15.0 Å². The molecule has 0 aliphatic heterocycles. The molecular formula is C20H16FN5O2S. The third-order valence-corrected chi connectivity index (χ3v) is 5.24. The number of halogens is 1. The fraction of sp³-hybridized carbons (Fsp3) is 0.100. The van der Waals surface area contributed by atoms with Gasteiger partial charge in [0.15, 0.2) is 5.82 Å². The minimum atomic E-state index is -0.495. The van der Waals surface area contributed by atoms with E-state index in [2.05, 4.69) is 20.3 Å². The maximum absolute atomic E-state index is 13.4. The average Bonchev–Trinajstić information content (AvgIpc) is 3.16. The number of fused-ring (bicyclic) bond motifs is 1. The molecule has 0 radical (unpaired) electrons. The van der Waals surface area contributed by atoms with Crippen LogP contribution in [0.3, 0.4) is 0 Å². The molecular weight excluding hydrogens is 393 g/mol. The molecule has 3 N–H and O–H groups in total. The molecule has 0 unspecified atom stereocenters. The first-order chi connectivity index (χ1) is 14.0. The van der Waals surface area contributed by atoms with E-state index in [1.54, 1.807) is 24.3 Å². The lowest BCUT2D eigenvalue weighted by Crippen LogP contribution is -2.10. The molecule has 2 aromatic heterocycles. The van der Waals surface area contributed by atoms with Crippen LogP contribution in [0.25, 0.3) is 21.5 Å². The Bertz CT molecular complexity index is 1210. The summed E-state index contributed by atoms with van der Waals surface area (Å²) in [6.45, 7) is 0.335. The number of hydrogen-bond acceptors (Lipinski definition) is 7. The summed E-state index contributed by atoms with van der Waals surface area (Å²) in [4.78, 5) is 25.5. The molecule has 29 heavy (non-hydrogen) atoms. The highest BCUT2D eigenvalue weighted by atomic mass is 32.1. The number of primary amides is 1. The first-order valence-electron chi connectivity index (χ1n) is 8.64. The molecule has 2 aromatic carbocycles. The number of amides is 1. The third kappa shape index (κ3) is 3.85. The molecule has 2 heterocycles. The van der Waals surface area contributed by atoms with Crippen LogP contribution in [0.1, 0.15) is 15.9 Å². The Balaban J connectivity index is 1.71. The van der Waals surface area contributed by atoms with Crippen molar-refractivity contribution in [2.24, 2.45) is 5.73 Å². The number of carbonyl (C=O) groups excluding carboxylic acids is 1. The van der Waals surface area contributed by atoms with Gasteiger partial charge in [0.1, 0.15) is 5.82 Å². The zero-order chi connectivity index (χ0) is 20.4. The number of thiophene rings is 1. The van der Waals surface area contributed by atoms with Gasteiger partial charge in [-0.3, -0.25) is 4.79 Å². The lowest BCUT2D eigenvalue weighted by atomic mass is 10.1. The molecule has 146 valence electrons. The van der Waals surface area contributed by atoms with Crippen LogP contribution in [-0.2, 0) is 6.54 Å². The summed E-state index contributed by atoms with van der Waals surface area (Å²) in [6.07, 6.45) is 0. The van der Waals surface area contributed by atoms with Gasteiger partial charge in [0.05, 0.1) is 12.0 Å². The van der Waals surface area contributed by atoms with Crippen LogP contribution in [0.4, 0.5) is 10.3 Å². The van der Waals surface area contributed by atoms with Crippen molar-refractivity contribution in [3.63, 3.8) is 0 Å². The minimum absolute atomic E-state index is 0.143. The van der Waals surface area contributed by atoms with Crippen LogP contribution < -0.4 is 15.8 Å². The van der Waals surface area contributed by atoms with Gasteiger partial charge in [-0.05, 0) is 23.8 Å². The van der Waals surface area contributed by atoms with E-state index in [0.717, 1.165) is 21.2 Å². The first-order valence-corrected chi connectivity index (χ1v) is 9.52. The molecule has 4 aromatic rings. The zero-order valence-electron chi connectivity index (χ0n) is 15.3. The number of rotatable bonds is 6. The lowest BCUT2D eigenvalue weighted by Gasteiger charge is -2.08. The van der Waals surface area contributed by atoms with Crippen LogP contribution in [0.15, 0.2) is 47.8 Å². The van der Waals surface area contributed by atoms with Gasteiger partial charge < -0.3 is 15.8 Å². The Morgan fingerprint density at radius 3 is 2.76 bits per heavy atom. The summed E-state index contributed by atoms with van der Waals surface area (Å²) >= 11 is 1.40. The fourth-order valence-electron chi connectivity index (χ4n) is 2.92. The number of nitrogens with zero attached hydrogens (tertiary/aromatic N) is 3. The van der Waals surface area contributed by atoms with Gasteiger partial charge in [0, 0.05) is 28.3 Å². The SMILES string of the molecule is COc1nc(NCc2cccc(F)c2)nc(-c2scc3c(C(N)=O)cccc23)n1. The number of aromatic nitrogens is 3. The third-order valence-electron chi connectivity index (χ3n) is 4.25. The smallest absolute Gasteiger partial charge is 0.321 e. The molecule has 0 aliphatic rings. The number of nitrogens with two attached hydrogens (primary N) is 1. The van der Waals surface area contributed by atoms with E-state index in [4.69, 9.17) is 10.5 Å². The summed E-state index contributed by atoms with van der Waals surface area (Å²) in [5.41, 5.74) is 6.66. The van der Waals surface area contributed by atoms with E-state index in [-0.39, 0.29) is 11.8 Å². The van der Waals surface area contributed by atoms with E-state index >= 15 is 0 Å². The lowest BCUT2D eigenvalue weighted by molar-refractivity contribution is 0.100. The largest absolute Gasteiger partial charge is 0.467 e. The molecule has 0 atom stereocenters. The second-order valence-electron chi connectivity index (χ2n) is 6.15. The first kappa shape index (κ1) is 18.8. The van der Waals surface area contributed by atoms with Crippen molar-refractivity contribution in [3.05, 3.63) is 64.8 Å². The molecule has 0 saturated heterocycles. The quantitative estimate of drug-likeness (QED) is 0.504. The summed E-state index contributed by atoms with van der Waals surface area (Å²) in [6, 6.07) is 11.7. The highest BCUT2D eigenvalue weighted by Gasteiger charge is 2.16. The van der Waals surface area contributed by atoms with Crippen molar-refractivity contribution >= 4 is 34.0 Å². The monoisotopic (exact) mass is 409 g/mol. The van der Waals surface area contributed by atoms with Gasteiger partial charge in [-0.1, -0.05) is 24.3 Å². The van der Waals surface area contributed by atoms with Crippen LogP contribution in [0.2, 0.25) is 0 Å². The van der Waals surface area contributed by atoms with Gasteiger partial charge in [0.2, 0.25) is 11.9 Å². The van der Waals surface area contributed by atoms with E-state index in [1.165, 1.54) is 30.6 Å². The molecule has 0 bridgehead atoms. The maximum atomic E-state index is 13.4. The summed E-state index contributed by atoms with van der Waals surface area (Å²) in [5, 5.41) is 6.47. The summed E-state index contributed by atoms with van der Waals surface area (Å²) in [7, 11) is 1.47. The standard InChI is InChI=1S/C20H16FN5O2S/c1-28-20-25-18(16-13-6-3-7-14(17(22)27)15(13)10-29-16)24-19(26-20)23-9-11-4-2-5-12(21)8-11/h2-8,10H,9H2,1H3,(H2,22,27)(H,23,24,25,26). The van der Waals surface area contributed by atoms with Crippen LogP contribution in [-0.4, -0.2) is 28.0 Å². The molecule has 9 heteroatoms. The molecule has 1 amide bonds. The van der Waals surface area contributed by atoms with Crippen molar-refractivity contribution in [1.29, 1.82) is 0 Å². The summed E-state index contributed by atoms with van der Waals surface area (Å²) < 4.78 is 18.6. The average molecular weight is 409 g/mol. The number of benzene rings is 2. The Labute approximate surface area is 169 Å². The second-order valence-corrected chi connectivity index (χ2v) is 7.03. The molecule has 0 fully saturated rings. The van der Waals surface area contributed by atoms with E-state index < -0.39 is 5.91 Å². The topological polar surface area (TPSA) is 103 Å². The summed E-state index contributed by atoms with van der Waals surface area (Å²) in [5.74, 6) is -0.108.